The molecule has 3 aromatic rings. The Kier molecular flexibility index (Phi) is 5.94. The fourth-order valence-corrected chi connectivity index (χ4v) is 4.32. The number of aromatic nitrogens is 1. The van der Waals surface area contributed by atoms with Crippen LogP contribution in [-0.4, -0.2) is 51.5 Å². The molecule has 2 heterocycles. The number of carbonyl (C=O) groups is 1. The second-order valence-electron chi connectivity index (χ2n) is 6.58. The number of nitrogens with zero attached hydrogens (tertiary/aromatic N) is 1. The van der Waals surface area contributed by atoms with Gasteiger partial charge in [0.15, 0.2) is 5.13 Å². The normalized spacial score (nSPS) is 15.1. The van der Waals surface area contributed by atoms with Crippen molar-refractivity contribution in [3.63, 3.8) is 0 Å². The summed E-state index contributed by atoms with van der Waals surface area (Å²) in [6.07, 6.45) is 0. The van der Waals surface area contributed by atoms with Crippen molar-refractivity contribution in [1.29, 1.82) is 0 Å². The van der Waals surface area contributed by atoms with Crippen molar-refractivity contribution in [3.8, 4) is 11.5 Å². The van der Waals surface area contributed by atoms with Crippen LogP contribution < -0.4 is 14.8 Å². The topological polar surface area (TPSA) is 78.9 Å². The molecule has 7 nitrogen and oxygen atoms in total. The number of benzene rings is 2. The number of thiazole rings is 1. The lowest BCUT2D eigenvalue weighted by molar-refractivity contribution is 0.102. The van der Waals surface area contributed by atoms with Gasteiger partial charge in [0.2, 0.25) is 0 Å². The summed E-state index contributed by atoms with van der Waals surface area (Å²) in [5, 5.41) is 3.40. The van der Waals surface area contributed by atoms with Crippen LogP contribution in [0.4, 0.5) is 5.13 Å². The van der Waals surface area contributed by atoms with Gasteiger partial charge in [0.1, 0.15) is 17.0 Å². The zero-order valence-corrected chi connectivity index (χ0v) is 17.1. The van der Waals surface area contributed by atoms with E-state index in [0.29, 0.717) is 48.6 Å². The molecule has 0 bridgehead atoms. The first-order chi connectivity index (χ1) is 14.2. The molecule has 2 aromatic carbocycles. The standard InChI is InChI=1S/C21H22N2O5S/c1-25-15-5-3-13(4-6-15)20(24)23-21-22-18-17(26-2)8-7-16(19(18)29-21)14-11-27-9-10-28-12-14/h3-8,14H,9-12H2,1-2H3,(H,22,23,24). The van der Waals surface area contributed by atoms with E-state index in [1.54, 1.807) is 38.5 Å². The van der Waals surface area contributed by atoms with E-state index >= 15 is 0 Å². The van der Waals surface area contributed by atoms with Crippen molar-refractivity contribution < 1.29 is 23.7 Å². The van der Waals surface area contributed by atoms with Crippen LogP contribution in [-0.2, 0) is 9.47 Å². The van der Waals surface area contributed by atoms with Gasteiger partial charge in [-0.3, -0.25) is 10.1 Å². The van der Waals surface area contributed by atoms with Crippen LogP contribution in [0.5, 0.6) is 11.5 Å². The number of hydrogen-bond acceptors (Lipinski definition) is 7. The average molecular weight is 414 g/mol. The molecule has 1 amide bonds. The van der Waals surface area contributed by atoms with Gasteiger partial charge >= 0.3 is 0 Å². The molecule has 0 unspecified atom stereocenters. The van der Waals surface area contributed by atoms with Gasteiger partial charge in [0.25, 0.3) is 5.91 Å². The Labute approximate surface area is 172 Å². The number of amides is 1. The first-order valence-electron chi connectivity index (χ1n) is 9.28. The molecule has 0 aliphatic carbocycles. The van der Waals surface area contributed by atoms with Crippen LogP contribution in [0.2, 0.25) is 0 Å². The summed E-state index contributed by atoms with van der Waals surface area (Å²) in [5.74, 6) is 1.24. The van der Waals surface area contributed by atoms with E-state index in [4.69, 9.17) is 18.9 Å². The zero-order valence-electron chi connectivity index (χ0n) is 16.3. The van der Waals surface area contributed by atoms with Crippen molar-refractivity contribution in [1.82, 2.24) is 4.98 Å². The van der Waals surface area contributed by atoms with E-state index in [2.05, 4.69) is 10.3 Å². The van der Waals surface area contributed by atoms with E-state index in [0.717, 1.165) is 15.8 Å². The molecule has 1 saturated heterocycles. The summed E-state index contributed by atoms with van der Waals surface area (Å²) in [4.78, 5) is 17.2. The SMILES string of the molecule is COc1ccc(C(=O)Nc2nc3c(OC)ccc(C4COCCOC4)c3s2)cc1. The molecule has 0 radical (unpaired) electrons. The highest BCUT2D eigenvalue weighted by atomic mass is 32.1. The van der Waals surface area contributed by atoms with Gasteiger partial charge in [0.05, 0.1) is 45.3 Å². The Hall–Kier alpha value is -2.68. The van der Waals surface area contributed by atoms with E-state index < -0.39 is 0 Å². The third kappa shape index (κ3) is 4.19. The molecule has 1 aliphatic rings. The fraction of sp³-hybridized carbons (Fsp3) is 0.333. The van der Waals surface area contributed by atoms with Crippen molar-refractivity contribution in [3.05, 3.63) is 47.5 Å². The first kappa shape index (κ1) is 19.6. The molecule has 0 saturated carbocycles. The average Bonchev–Trinajstić information content (AvgIpc) is 2.98. The van der Waals surface area contributed by atoms with Gasteiger partial charge in [-0.25, -0.2) is 4.98 Å². The van der Waals surface area contributed by atoms with Crippen molar-refractivity contribution in [2.45, 2.75) is 5.92 Å². The first-order valence-corrected chi connectivity index (χ1v) is 10.1. The summed E-state index contributed by atoms with van der Waals surface area (Å²) in [5.41, 5.74) is 2.34. The minimum absolute atomic E-state index is 0.108. The molecular formula is C21H22N2O5S. The Morgan fingerprint density at radius 2 is 1.79 bits per heavy atom. The molecule has 1 aliphatic heterocycles. The Morgan fingerprint density at radius 1 is 1.07 bits per heavy atom. The summed E-state index contributed by atoms with van der Waals surface area (Å²) in [6, 6.07) is 10.9. The summed E-state index contributed by atoms with van der Waals surface area (Å²) in [7, 11) is 3.20. The van der Waals surface area contributed by atoms with E-state index in [1.165, 1.54) is 11.3 Å². The predicted octanol–water partition coefficient (Wildman–Crippen LogP) is 3.70. The number of methoxy groups -OCH3 is 2. The Bertz CT molecular complexity index is 994. The number of ether oxygens (including phenoxy) is 4. The van der Waals surface area contributed by atoms with Crippen LogP contribution >= 0.6 is 11.3 Å². The number of fused-ring (bicyclic) bond motifs is 1. The van der Waals surface area contributed by atoms with Crippen LogP contribution in [0.25, 0.3) is 10.2 Å². The highest BCUT2D eigenvalue weighted by molar-refractivity contribution is 7.22. The number of carbonyl (C=O) groups excluding carboxylic acids is 1. The minimum Gasteiger partial charge on any atom is -0.497 e. The predicted molar refractivity (Wildman–Crippen MR) is 111 cm³/mol. The van der Waals surface area contributed by atoms with Gasteiger partial charge in [-0.05, 0) is 35.9 Å². The Morgan fingerprint density at radius 3 is 2.45 bits per heavy atom. The molecule has 0 spiro atoms. The lowest BCUT2D eigenvalue weighted by atomic mass is 10.0. The molecular weight excluding hydrogens is 392 g/mol. The second-order valence-corrected chi connectivity index (χ2v) is 7.58. The highest BCUT2D eigenvalue weighted by Crippen LogP contribution is 2.38. The summed E-state index contributed by atoms with van der Waals surface area (Å²) in [6.45, 7) is 2.38. The number of hydrogen-bond donors (Lipinski definition) is 1. The highest BCUT2D eigenvalue weighted by Gasteiger charge is 2.22. The van der Waals surface area contributed by atoms with Gasteiger partial charge in [0, 0.05) is 11.5 Å². The summed E-state index contributed by atoms with van der Waals surface area (Å²) >= 11 is 1.43. The molecule has 29 heavy (non-hydrogen) atoms. The van der Waals surface area contributed by atoms with Crippen LogP contribution in [0.1, 0.15) is 21.8 Å². The van der Waals surface area contributed by atoms with Crippen molar-refractivity contribution >= 4 is 32.6 Å². The van der Waals surface area contributed by atoms with E-state index in [1.807, 2.05) is 12.1 Å². The van der Waals surface area contributed by atoms with Crippen LogP contribution in [0.15, 0.2) is 36.4 Å². The third-order valence-corrected chi connectivity index (χ3v) is 5.80. The number of rotatable bonds is 5. The molecule has 152 valence electrons. The van der Waals surface area contributed by atoms with Gasteiger partial charge < -0.3 is 18.9 Å². The van der Waals surface area contributed by atoms with Gasteiger partial charge in [-0.15, -0.1) is 0 Å². The fourth-order valence-electron chi connectivity index (χ4n) is 3.25. The number of anilines is 1. The second kappa shape index (κ2) is 8.77. The maximum Gasteiger partial charge on any atom is 0.257 e. The molecule has 0 atom stereocenters. The molecule has 1 aromatic heterocycles. The van der Waals surface area contributed by atoms with Crippen molar-refractivity contribution in [2.75, 3.05) is 46.0 Å². The van der Waals surface area contributed by atoms with Crippen molar-refractivity contribution in [2.24, 2.45) is 0 Å². The van der Waals surface area contributed by atoms with E-state index in [9.17, 15) is 4.79 Å². The van der Waals surface area contributed by atoms with Gasteiger partial charge in [-0.2, -0.15) is 0 Å². The largest absolute Gasteiger partial charge is 0.497 e. The molecule has 4 rings (SSSR count). The molecule has 1 N–H and O–H groups in total. The number of nitrogens with one attached hydrogen (secondary N) is 1. The van der Waals surface area contributed by atoms with Gasteiger partial charge in [-0.1, -0.05) is 17.4 Å². The molecule has 8 heteroatoms. The lowest BCUT2D eigenvalue weighted by Gasteiger charge is -2.15. The smallest absolute Gasteiger partial charge is 0.257 e. The van der Waals surface area contributed by atoms with Crippen LogP contribution in [0.3, 0.4) is 0 Å². The zero-order chi connectivity index (χ0) is 20.2. The van der Waals surface area contributed by atoms with E-state index in [-0.39, 0.29) is 11.8 Å². The maximum absolute atomic E-state index is 12.6. The van der Waals surface area contributed by atoms with Crippen LogP contribution in [0, 0.1) is 0 Å². The lowest BCUT2D eigenvalue weighted by Crippen LogP contribution is -2.11. The monoisotopic (exact) mass is 414 g/mol. The third-order valence-electron chi connectivity index (χ3n) is 4.78. The maximum atomic E-state index is 12.6. The molecule has 1 fully saturated rings. The quantitative estimate of drug-likeness (QED) is 0.686. The Balaban J connectivity index is 1.64. The summed E-state index contributed by atoms with van der Waals surface area (Å²) < 4.78 is 22.9. The minimum atomic E-state index is -0.228.